The van der Waals surface area contributed by atoms with Crippen LogP contribution in [0.5, 0.6) is 0 Å². The molecule has 4 nitrogen and oxygen atoms in total. The fourth-order valence-corrected chi connectivity index (χ4v) is 1.98. The Hall–Kier alpha value is -1.55. The lowest BCUT2D eigenvalue weighted by atomic mass is 10.1. The van der Waals surface area contributed by atoms with Crippen LogP contribution in [0.3, 0.4) is 0 Å². The number of benzene rings is 1. The molecule has 1 saturated heterocycles. The van der Waals surface area contributed by atoms with Crippen molar-refractivity contribution in [1.82, 2.24) is 0 Å². The van der Waals surface area contributed by atoms with Gasteiger partial charge in [-0.15, -0.1) is 0 Å². The number of nitrogens with two attached hydrogens (primary N) is 1. The number of ether oxygens (including phenoxy) is 1. The van der Waals surface area contributed by atoms with Crippen LogP contribution in [0.4, 0.5) is 10.5 Å². The average Bonchev–Trinajstić information content (AvgIpc) is 2.29. The molecule has 0 spiro atoms. The number of amides is 1. The first-order valence-corrected chi connectivity index (χ1v) is 5.47. The maximum atomic E-state index is 11.6. The van der Waals surface area contributed by atoms with Gasteiger partial charge in [0.1, 0.15) is 0 Å². The summed E-state index contributed by atoms with van der Waals surface area (Å²) in [4.78, 5) is 13.3. The fraction of sp³-hybridized carbons (Fsp3) is 0.417. The van der Waals surface area contributed by atoms with E-state index in [4.69, 9.17) is 10.5 Å². The highest BCUT2D eigenvalue weighted by Crippen LogP contribution is 2.25. The van der Waals surface area contributed by atoms with Gasteiger partial charge in [0.25, 0.3) is 0 Å². The molecule has 1 heterocycles. The zero-order valence-corrected chi connectivity index (χ0v) is 9.40. The van der Waals surface area contributed by atoms with Gasteiger partial charge < -0.3 is 10.5 Å². The molecule has 0 unspecified atom stereocenters. The fourth-order valence-electron chi connectivity index (χ4n) is 1.98. The lowest BCUT2D eigenvalue weighted by Crippen LogP contribution is -2.38. The van der Waals surface area contributed by atoms with E-state index in [1.54, 1.807) is 4.90 Å². The molecule has 4 heteroatoms. The van der Waals surface area contributed by atoms with Crippen LogP contribution < -0.4 is 10.6 Å². The first kappa shape index (κ1) is 11.0. The topological polar surface area (TPSA) is 55.6 Å². The van der Waals surface area contributed by atoms with E-state index in [0.29, 0.717) is 19.7 Å². The van der Waals surface area contributed by atoms with E-state index in [2.05, 4.69) is 0 Å². The Labute approximate surface area is 95.0 Å². The Morgan fingerprint density at radius 3 is 3.00 bits per heavy atom. The lowest BCUT2D eigenvalue weighted by Gasteiger charge is -2.28. The number of anilines is 1. The van der Waals surface area contributed by atoms with Crippen molar-refractivity contribution in [1.29, 1.82) is 0 Å². The van der Waals surface area contributed by atoms with Crippen molar-refractivity contribution in [2.45, 2.75) is 19.9 Å². The zero-order chi connectivity index (χ0) is 11.5. The zero-order valence-electron chi connectivity index (χ0n) is 9.40. The minimum Gasteiger partial charge on any atom is -0.449 e. The quantitative estimate of drug-likeness (QED) is 0.826. The second kappa shape index (κ2) is 4.53. The third-order valence-electron chi connectivity index (χ3n) is 2.85. The molecule has 1 fully saturated rings. The number of hydrogen-bond acceptors (Lipinski definition) is 3. The summed E-state index contributed by atoms with van der Waals surface area (Å²) in [5.74, 6) is 0. The summed E-state index contributed by atoms with van der Waals surface area (Å²) in [6.07, 6.45) is 0.593. The maximum Gasteiger partial charge on any atom is 0.414 e. The molecular weight excluding hydrogens is 204 g/mol. The van der Waals surface area contributed by atoms with E-state index in [0.717, 1.165) is 23.2 Å². The van der Waals surface area contributed by atoms with Gasteiger partial charge in [0.2, 0.25) is 0 Å². The van der Waals surface area contributed by atoms with E-state index in [9.17, 15) is 4.79 Å². The number of aryl methyl sites for hydroxylation is 1. The number of carbonyl (C=O) groups excluding carboxylic acids is 1. The van der Waals surface area contributed by atoms with Crippen molar-refractivity contribution in [2.24, 2.45) is 5.73 Å². The van der Waals surface area contributed by atoms with Gasteiger partial charge >= 0.3 is 6.09 Å². The summed E-state index contributed by atoms with van der Waals surface area (Å²) in [6, 6.07) is 5.86. The summed E-state index contributed by atoms with van der Waals surface area (Å²) in [7, 11) is 0. The van der Waals surface area contributed by atoms with Gasteiger partial charge in [-0.2, -0.15) is 0 Å². The van der Waals surface area contributed by atoms with Crippen LogP contribution in [0, 0.1) is 6.92 Å². The molecule has 2 rings (SSSR count). The Kier molecular flexibility index (Phi) is 3.10. The minimum absolute atomic E-state index is 0.272. The highest BCUT2D eigenvalue weighted by molar-refractivity contribution is 5.89. The van der Waals surface area contributed by atoms with Crippen molar-refractivity contribution in [3.63, 3.8) is 0 Å². The van der Waals surface area contributed by atoms with Gasteiger partial charge in [0.05, 0.1) is 12.3 Å². The summed E-state index contributed by atoms with van der Waals surface area (Å²) in [6.45, 7) is 3.65. The second-order valence-electron chi connectivity index (χ2n) is 3.90. The monoisotopic (exact) mass is 220 g/mol. The van der Waals surface area contributed by atoms with Crippen LogP contribution in [-0.2, 0) is 11.3 Å². The Balaban J connectivity index is 2.38. The molecule has 0 atom stereocenters. The Morgan fingerprint density at radius 2 is 2.31 bits per heavy atom. The minimum atomic E-state index is -0.272. The molecule has 1 aromatic rings. The van der Waals surface area contributed by atoms with Crippen LogP contribution in [0.2, 0.25) is 0 Å². The first-order valence-electron chi connectivity index (χ1n) is 5.47. The molecule has 86 valence electrons. The summed E-state index contributed by atoms with van der Waals surface area (Å²) in [5.41, 5.74) is 8.73. The molecule has 1 aromatic carbocycles. The first-order chi connectivity index (χ1) is 7.74. The Bertz CT molecular complexity index is 404. The van der Waals surface area contributed by atoms with Gasteiger partial charge in [0, 0.05) is 13.1 Å². The number of carbonyl (C=O) groups is 1. The maximum absolute atomic E-state index is 11.6. The molecular formula is C12H16N2O2. The molecule has 16 heavy (non-hydrogen) atoms. The molecule has 1 aliphatic rings. The molecule has 1 aliphatic heterocycles. The highest BCUT2D eigenvalue weighted by Gasteiger charge is 2.23. The molecule has 2 N–H and O–H groups in total. The normalized spacial score (nSPS) is 16.1. The van der Waals surface area contributed by atoms with Crippen molar-refractivity contribution in [2.75, 3.05) is 18.1 Å². The molecule has 0 aliphatic carbocycles. The summed E-state index contributed by atoms with van der Waals surface area (Å²) in [5, 5.41) is 0. The number of nitrogens with zero attached hydrogens (tertiary/aromatic N) is 1. The largest absolute Gasteiger partial charge is 0.449 e. The Morgan fingerprint density at radius 1 is 1.50 bits per heavy atom. The lowest BCUT2D eigenvalue weighted by molar-refractivity contribution is 0.140. The van der Waals surface area contributed by atoms with Crippen LogP contribution in [0.1, 0.15) is 17.5 Å². The standard InChI is InChI=1S/C12H16N2O2/c1-9-4-2-5-11(10(9)8-13)14-6-3-7-16-12(14)15/h2,4-5H,3,6-8,13H2,1H3. The smallest absolute Gasteiger partial charge is 0.414 e. The molecule has 0 saturated carbocycles. The van der Waals surface area contributed by atoms with Crippen LogP contribution in [0.25, 0.3) is 0 Å². The predicted molar refractivity (Wildman–Crippen MR) is 62.4 cm³/mol. The third kappa shape index (κ3) is 1.88. The number of cyclic esters (lactones) is 1. The molecule has 0 bridgehead atoms. The number of hydrogen-bond donors (Lipinski definition) is 1. The van der Waals surface area contributed by atoms with Crippen LogP contribution in [0.15, 0.2) is 18.2 Å². The second-order valence-corrected chi connectivity index (χ2v) is 3.90. The van der Waals surface area contributed by atoms with Crippen molar-refractivity contribution < 1.29 is 9.53 Å². The van der Waals surface area contributed by atoms with Crippen molar-refractivity contribution in [3.05, 3.63) is 29.3 Å². The van der Waals surface area contributed by atoms with Gasteiger partial charge in [-0.3, -0.25) is 4.90 Å². The van der Waals surface area contributed by atoms with Crippen LogP contribution >= 0.6 is 0 Å². The SMILES string of the molecule is Cc1cccc(N2CCCOC2=O)c1CN. The van der Waals surface area contributed by atoms with E-state index < -0.39 is 0 Å². The van der Waals surface area contributed by atoms with Gasteiger partial charge in [-0.1, -0.05) is 12.1 Å². The van der Waals surface area contributed by atoms with Gasteiger partial charge in [-0.25, -0.2) is 4.79 Å². The van der Waals surface area contributed by atoms with E-state index in [1.165, 1.54) is 0 Å². The molecule has 1 amide bonds. The van der Waals surface area contributed by atoms with Crippen molar-refractivity contribution in [3.8, 4) is 0 Å². The average molecular weight is 220 g/mol. The van der Waals surface area contributed by atoms with E-state index in [-0.39, 0.29) is 6.09 Å². The van der Waals surface area contributed by atoms with Gasteiger partial charge in [0.15, 0.2) is 0 Å². The molecule has 0 radical (unpaired) electrons. The highest BCUT2D eigenvalue weighted by atomic mass is 16.6. The predicted octanol–water partition coefficient (Wildman–Crippen LogP) is 1.80. The van der Waals surface area contributed by atoms with Gasteiger partial charge in [-0.05, 0) is 30.5 Å². The molecule has 0 aromatic heterocycles. The summed E-state index contributed by atoms with van der Waals surface area (Å²) >= 11 is 0. The summed E-state index contributed by atoms with van der Waals surface area (Å²) < 4.78 is 5.03. The number of rotatable bonds is 2. The van der Waals surface area contributed by atoms with E-state index in [1.807, 2.05) is 25.1 Å². The third-order valence-corrected chi connectivity index (χ3v) is 2.85. The van der Waals surface area contributed by atoms with E-state index >= 15 is 0 Å². The van der Waals surface area contributed by atoms with Crippen LogP contribution in [-0.4, -0.2) is 19.2 Å². The van der Waals surface area contributed by atoms with Crippen molar-refractivity contribution >= 4 is 11.8 Å².